The maximum Gasteiger partial charge on any atom is 0.144 e. The Kier molecular flexibility index (Phi) is 6.82. The summed E-state index contributed by atoms with van der Waals surface area (Å²) in [6.45, 7) is 10.2. The Bertz CT molecular complexity index is 1010. The minimum Gasteiger partial charge on any atom is -0.234 e. The molecule has 1 atom stereocenters. The van der Waals surface area contributed by atoms with Crippen molar-refractivity contribution in [2.45, 2.75) is 39.4 Å². The molecule has 0 radical (unpaired) electrons. The van der Waals surface area contributed by atoms with Gasteiger partial charge in [-0.25, -0.2) is 4.21 Å². The van der Waals surface area contributed by atoms with Crippen molar-refractivity contribution in [3.8, 4) is 0 Å². The van der Waals surface area contributed by atoms with Crippen molar-refractivity contribution in [1.29, 1.82) is 0 Å². The number of benzene rings is 3. The molecular weight excluding hydrogens is 393 g/mol. The molecule has 0 aromatic heterocycles. The summed E-state index contributed by atoms with van der Waals surface area (Å²) in [6.07, 6.45) is 1.79. The van der Waals surface area contributed by atoms with Crippen LogP contribution in [0.5, 0.6) is 0 Å². The fourth-order valence-electron chi connectivity index (χ4n) is 3.08. The molecule has 150 valence electrons. The van der Waals surface area contributed by atoms with E-state index in [1.807, 2.05) is 26.8 Å². The van der Waals surface area contributed by atoms with Gasteiger partial charge in [0.15, 0.2) is 0 Å². The van der Waals surface area contributed by atoms with E-state index in [-0.39, 0.29) is 4.75 Å². The van der Waals surface area contributed by atoms with E-state index in [0.29, 0.717) is 0 Å². The lowest BCUT2D eigenvalue weighted by molar-refractivity contribution is 0.651. The van der Waals surface area contributed by atoms with Crippen LogP contribution in [0.25, 0.3) is 0 Å². The van der Waals surface area contributed by atoms with Crippen LogP contribution in [0.4, 0.5) is 0 Å². The zero-order valence-electron chi connectivity index (χ0n) is 17.7. The van der Waals surface area contributed by atoms with Gasteiger partial charge in [-0.05, 0) is 69.6 Å². The van der Waals surface area contributed by atoms with Crippen LogP contribution in [0.3, 0.4) is 0 Å². The Morgan fingerprint density at radius 3 is 1.69 bits per heavy atom. The van der Waals surface area contributed by atoms with Gasteiger partial charge in [-0.15, -0.1) is 0 Å². The van der Waals surface area contributed by atoms with Crippen molar-refractivity contribution >= 4 is 41.0 Å². The molecule has 0 saturated carbocycles. The van der Waals surface area contributed by atoms with Crippen LogP contribution >= 0.6 is 7.92 Å². The largest absolute Gasteiger partial charge is 0.234 e. The molecule has 3 aromatic rings. The molecular formula is C25H28NOPS. The maximum absolute atomic E-state index is 12.5. The molecule has 0 heterocycles. The SMILES string of the molecule is Cc1ccccc1P(c1ccccc1C)c1ccccc1/C=N/[S@](=O)C(C)(C)C. The van der Waals surface area contributed by atoms with Crippen LogP contribution < -0.4 is 15.9 Å². The molecule has 0 spiro atoms. The third-order valence-corrected chi connectivity index (χ3v) is 8.90. The van der Waals surface area contributed by atoms with Crippen LogP contribution in [0.15, 0.2) is 77.2 Å². The highest BCUT2D eigenvalue weighted by molar-refractivity contribution is 7.85. The minimum absolute atomic E-state index is 0.373. The number of rotatable bonds is 5. The van der Waals surface area contributed by atoms with Crippen molar-refractivity contribution in [2.75, 3.05) is 0 Å². The van der Waals surface area contributed by atoms with E-state index in [1.165, 1.54) is 27.0 Å². The Labute approximate surface area is 178 Å². The van der Waals surface area contributed by atoms with Gasteiger partial charge in [0.2, 0.25) is 0 Å². The van der Waals surface area contributed by atoms with Crippen LogP contribution in [0, 0.1) is 13.8 Å². The molecule has 0 unspecified atom stereocenters. The first-order chi connectivity index (χ1) is 13.8. The fraction of sp³-hybridized carbons (Fsp3) is 0.240. The molecule has 0 saturated heterocycles. The van der Waals surface area contributed by atoms with Gasteiger partial charge in [0.05, 0.1) is 4.75 Å². The molecule has 29 heavy (non-hydrogen) atoms. The Morgan fingerprint density at radius 2 is 1.21 bits per heavy atom. The van der Waals surface area contributed by atoms with Crippen LogP contribution in [-0.2, 0) is 11.0 Å². The van der Waals surface area contributed by atoms with Crippen LogP contribution in [0.1, 0.15) is 37.5 Å². The van der Waals surface area contributed by atoms with Gasteiger partial charge < -0.3 is 0 Å². The van der Waals surface area contributed by atoms with E-state index in [9.17, 15) is 4.21 Å². The van der Waals surface area contributed by atoms with Crippen molar-refractivity contribution < 1.29 is 4.21 Å². The number of hydrogen-bond donors (Lipinski definition) is 0. The molecule has 3 rings (SSSR count). The van der Waals surface area contributed by atoms with Gasteiger partial charge >= 0.3 is 0 Å². The predicted octanol–water partition coefficient (Wildman–Crippen LogP) is 4.94. The molecule has 0 aliphatic carbocycles. The summed E-state index contributed by atoms with van der Waals surface area (Å²) in [6, 6.07) is 25.6. The van der Waals surface area contributed by atoms with Gasteiger partial charge in [0, 0.05) is 11.8 Å². The first-order valence-corrected chi connectivity index (χ1v) is 12.2. The summed E-state index contributed by atoms with van der Waals surface area (Å²) >= 11 is 0. The molecule has 0 amide bonds. The number of hydrogen-bond acceptors (Lipinski definition) is 1. The highest BCUT2D eigenvalue weighted by Crippen LogP contribution is 2.36. The zero-order chi connectivity index (χ0) is 21.0. The molecule has 0 aliphatic rings. The van der Waals surface area contributed by atoms with Gasteiger partial charge in [-0.3, -0.25) is 0 Å². The van der Waals surface area contributed by atoms with Crippen molar-refractivity contribution in [3.63, 3.8) is 0 Å². The summed E-state index contributed by atoms with van der Waals surface area (Å²) in [5, 5.41) is 3.92. The highest BCUT2D eigenvalue weighted by atomic mass is 32.2. The Hall–Kier alpha value is -2.09. The smallest absolute Gasteiger partial charge is 0.144 e. The van der Waals surface area contributed by atoms with E-state index in [1.54, 1.807) is 6.21 Å². The lowest BCUT2D eigenvalue weighted by Gasteiger charge is -2.24. The fourth-order valence-corrected chi connectivity index (χ4v) is 6.34. The third-order valence-electron chi connectivity index (χ3n) is 4.70. The first kappa shape index (κ1) is 21.6. The van der Waals surface area contributed by atoms with E-state index in [4.69, 9.17) is 0 Å². The lowest BCUT2D eigenvalue weighted by atomic mass is 10.2. The van der Waals surface area contributed by atoms with E-state index in [2.05, 4.69) is 85.0 Å². The second-order valence-electron chi connectivity index (χ2n) is 8.06. The van der Waals surface area contributed by atoms with Gasteiger partial charge in [0.1, 0.15) is 11.0 Å². The van der Waals surface area contributed by atoms with Crippen molar-refractivity contribution in [3.05, 3.63) is 89.5 Å². The molecule has 4 heteroatoms. The monoisotopic (exact) mass is 421 g/mol. The molecule has 3 aromatic carbocycles. The normalized spacial score (nSPS) is 13.2. The van der Waals surface area contributed by atoms with Crippen molar-refractivity contribution in [1.82, 2.24) is 0 Å². The summed E-state index contributed by atoms with van der Waals surface area (Å²) in [7, 11) is -2.04. The minimum atomic E-state index is -1.28. The van der Waals surface area contributed by atoms with E-state index in [0.717, 1.165) is 5.56 Å². The Balaban J connectivity index is 2.18. The van der Waals surface area contributed by atoms with Gasteiger partial charge in [-0.2, -0.15) is 4.40 Å². The van der Waals surface area contributed by atoms with E-state index < -0.39 is 18.9 Å². The van der Waals surface area contributed by atoms with Gasteiger partial charge in [0.25, 0.3) is 0 Å². The summed E-state index contributed by atoms with van der Waals surface area (Å²) in [5.74, 6) is 0. The molecule has 2 nitrogen and oxygen atoms in total. The van der Waals surface area contributed by atoms with E-state index >= 15 is 0 Å². The molecule has 0 fully saturated rings. The summed E-state index contributed by atoms with van der Waals surface area (Å²) in [4.78, 5) is 0. The second kappa shape index (κ2) is 9.15. The third kappa shape index (κ3) is 5.10. The quantitative estimate of drug-likeness (QED) is 0.424. The predicted molar refractivity (Wildman–Crippen MR) is 130 cm³/mol. The lowest BCUT2D eigenvalue weighted by Crippen LogP contribution is -2.26. The molecule has 0 bridgehead atoms. The second-order valence-corrected chi connectivity index (χ2v) is 12.1. The zero-order valence-corrected chi connectivity index (χ0v) is 19.4. The van der Waals surface area contributed by atoms with Gasteiger partial charge in [-0.1, -0.05) is 72.8 Å². The van der Waals surface area contributed by atoms with Crippen LogP contribution in [0.2, 0.25) is 0 Å². The topological polar surface area (TPSA) is 29.4 Å². The highest BCUT2D eigenvalue weighted by Gasteiger charge is 2.22. The average Bonchev–Trinajstić information content (AvgIpc) is 2.69. The van der Waals surface area contributed by atoms with Crippen LogP contribution in [-0.4, -0.2) is 15.2 Å². The summed E-state index contributed by atoms with van der Waals surface area (Å²) in [5.41, 5.74) is 3.60. The maximum atomic E-state index is 12.5. The number of aryl methyl sites for hydroxylation is 2. The molecule has 0 aliphatic heterocycles. The van der Waals surface area contributed by atoms with Crippen molar-refractivity contribution in [2.24, 2.45) is 4.40 Å². The Morgan fingerprint density at radius 1 is 0.759 bits per heavy atom. The molecule has 0 N–H and O–H groups in total. The number of nitrogens with zero attached hydrogens (tertiary/aromatic N) is 1. The standard InChI is InChI=1S/C25H28NOPS/c1-19-12-6-9-15-22(19)28(23-16-10-7-13-20(23)2)24-17-11-8-14-21(24)18-26-29(27)25(3,4)5/h6-18H,1-5H3/b26-18+/t29-/m1/s1. The first-order valence-electron chi connectivity index (χ1n) is 9.75. The summed E-state index contributed by atoms with van der Waals surface area (Å²) < 4.78 is 16.5. The average molecular weight is 422 g/mol.